The van der Waals surface area contributed by atoms with Crippen LogP contribution in [0.25, 0.3) is 0 Å². The Morgan fingerprint density at radius 2 is 1.92 bits per heavy atom. The summed E-state index contributed by atoms with van der Waals surface area (Å²) in [5.74, 6) is 0.280. The Balaban J connectivity index is 0.000000845. The third-order valence-electron chi connectivity index (χ3n) is 2.43. The van der Waals surface area contributed by atoms with Crippen LogP contribution in [0.5, 0.6) is 11.5 Å². The molecule has 1 aromatic carbocycles. The maximum Gasteiger partial charge on any atom is 0.157 e. The molecule has 0 saturated carbocycles. The number of halogens is 1. The second-order valence-electron chi connectivity index (χ2n) is 3.18. The zero-order valence-electron chi connectivity index (χ0n) is 7.03. The van der Waals surface area contributed by atoms with Gasteiger partial charge in [0.15, 0.2) is 11.5 Å². The van der Waals surface area contributed by atoms with Crippen molar-refractivity contribution in [3.05, 3.63) is 23.3 Å². The minimum Gasteiger partial charge on any atom is -0.504 e. The van der Waals surface area contributed by atoms with E-state index < -0.39 is 0 Å². The lowest BCUT2D eigenvalue weighted by Gasteiger charge is -2.29. The number of aromatic hydroxyl groups is 2. The van der Waals surface area contributed by atoms with E-state index in [2.05, 4.69) is 0 Å². The molecule has 1 aromatic rings. The van der Waals surface area contributed by atoms with Crippen LogP contribution in [0.1, 0.15) is 17.0 Å². The topological polar surface area (TPSA) is 66.5 Å². The fraction of sp³-hybridized carbons (Fsp3) is 0.333. The SMILES string of the molecule is Cl.NCC1Cc2cc(O)c(O)cc21. The summed E-state index contributed by atoms with van der Waals surface area (Å²) in [6.07, 6.45) is 0.916. The molecular formula is C9H12ClNO2. The van der Waals surface area contributed by atoms with Crippen LogP contribution < -0.4 is 5.73 Å². The maximum atomic E-state index is 9.18. The number of fused-ring (bicyclic) bond motifs is 1. The summed E-state index contributed by atoms with van der Waals surface area (Å²) in [5, 5.41) is 18.3. The molecule has 2 rings (SSSR count). The summed E-state index contributed by atoms with van der Waals surface area (Å²) in [6, 6.07) is 3.21. The molecule has 4 heteroatoms. The van der Waals surface area contributed by atoms with E-state index in [0.717, 1.165) is 17.5 Å². The van der Waals surface area contributed by atoms with Gasteiger partial charge in [-0.3, -0.25) is 0 Å². The highest BCUT2D eigenvalue weighted by Gasteiger charge is 2.26. The highest BCUT2D eigenvalue weighted by Crippen LogP contribution is 2.40. The van der Waals surface area contributed by atoms with E-state index in [4.69, 9.17) is 10.8 Å². The van der Waals surface area contributed by atoms with Crippen molar-refractivity contribution < 1.29 is 10.2 Å². The fourth-order valence-corrected chi connectivity index (χ4v) is 1.65. The Morgan fingerprint density at radius 1 is 1.31 bits per heavy atom. The van der Waals surface area contributed by atoms with Gasteiger partial charge in [0.25, 0.3) is 0 Å². The molecule has 0 amide bonds. The molecular weight excluding hydrogens is 190 g/mol. The van der Waals surface area contributed by atoms with Crippen molar-refractivity contribution in [1.29, 1.82) is 0 Å². The van der Waals surface area contributed by atoms with Crippen molar-refractivity contribution in [3.8, 4) is 11.5 Å². The van der Waals surface area contributed by atoms with Crippen LogP contribution >= 0.6 is 12.4 Å². The molecule has 1 aliphatic rings. The second-order valence-corrected chi connectivity index (χ2v) is 3.18. The third-order valence-corrected chi connectivity index (χ3v) is 2.43. The van der Waals surface area contributed by atoms with Gasteiger partial charge in [-0.2, -0.15) is 0 Å². The Labute approximate surface area is 82.6 Å². The molecule has 3 nitrogen and oxygen atoms in total. The summed E-state index contributed by atoms with van der Waals surface area (Å²) in [5.41, 5.74) is 7.67. The van der Waals surface area contributed by atoms with Crippen molar-refractivity contribution in [2.75, 3.05) is 6.54 Å². The monoisotopic (exact) mass is 201 g/mol. The Hall–Kier alpha value is -0.930. The predicted molar refractivity (Wildman–Crippen MR) is 52.5 cm³/mol. The van der Waals surface area contributed by atoms with Crippen LogP contribution in [0, 0.1) is 0 Å². The molecule has 72 valence electrons. The van der Waals surface area contributed by atoms with E-state index in [-0.39, 0.29) is 23.9 Å². The van der Waals surface area contributed by atoms with Gasteiger partial charge in [-0.15, -0.1) is 12.4 Å². The zero-order chi connectivity index (χ0) is 8.72. The van der Waals surface area contributed by atoms with Crippen LogP contribution in [0.15, 0.2) is 12.1 Å². The lowest BCUT2D eigenvalue weighted by Crippen LogP contribution is -2.24. The summed E-state index contributed by atoms with van der Waals surface area (Å²) in [7, 11) is 0. The van der Waals surface area contributed by atoms with Crippen LogP contribution in [-0.4, -0.2) is 16.8 Å². The third kappa shape index (κ3) is 1.45. The molecule has 1 unspecified atom stereocenters. The van der Waals surface area contributed by atoms with Crippen molar-refractivity contribution in [1.82, 2.24) is 0 Å². The summed E-state index contributed by atoms with van der Waals surface area (Å²) in [6.45, 7) is 0.608. The van der Waals surface area contributed by atoms with Gasteiger partial charge in [0.05, 0.1) is 0 Å². The van der Waals surface area contributed by atoms with Gasteiger partial charge in [0, 0.05) is 5.92 Å². The van der Waals surface area contributed by atoms with E-state index >= 15 is 0 Å². The summed E-state index contributed by atoms with van der Waals surface area (Å²) in [4.78, 5) is 0. The molecule has 0 aliphatic heterocycles. The number of benzene rings is 1. The Bertz CT molecular complexity index is 328. The van der Waals surface area contributed by atoms with Gasteiger partial charge in [-0.25, -0.2) is 0 Å². The van der Waals surface area contributed by atoms with Crippen LogP contribution in [-0.2, 0) is 6.42 Å². The first-order valence-corrected chi connectivity index (χ1v) is 3.97. The molecule has 0 heterocycles. The van der Waals surface area contributed by atoms with Crippen molar-refractivity contribution in [2.45, 2.75) is 12.3 Å². The van der Waals surface area contributed by atoms with Gasteiger partial charge in [0.2, 0.25) is 0 Å². The minimum atomic E-state index is -0.0492. The van der Waals surface area contributed by atoms with Crippen molar-refractivity contribution >= 4 is 12.4 Å². The van der Waals surface area contributed by atoms with Gasteiger partial charge in [-0.05, 0) is 36.2 Å². The van der Waals surface area contributed by atoms with E-state index in [1.165, 1.54) is 0 Å². The average molecular weight is 202 g/mol. The quantitative estimate of drug-likeness (QED) is 0.597. The molecule has 13 heavy (non-hydrogen) atoms. The molecule has 1 atom stereocenters. The molecule has 0 radical (unpaired) electrons. The van der Waals surface area contributed by atoms with Gasteiger partial charge in [-0.1, -0.05) is 0 Å². The number of nitrogens with two attached hydrogens (primary N) is 1. The molecule has 0 spiro atoms. The van der Waals surface area contributed by atoms with Crippen LogP contribution in [0.2, 0.25) is 0 Å². The smallest absolute Gasteiger partial charge is 0.157 e. The van der Waals surface area contributed by atoms with Crippen LogP contribution in [0.3, 0.4) is 0 Å². The maximum absolute atomic E-state index is 9.18. The standard InChI is InChI=1S/C9H11NO2.ClH/c10-4-6-1-5-2-8(11)9(12)3-7(5)6;/h2-3,6,11-12H,1,4,10H2;1H. The first-order valence-electron chi connectivity index (χ1n) is 3.97. The Morgan fingerprint density at radius 3 is 2.54 bits per heavy atom. The lowest BCUT2D eigenvalue weighted by molar-refractivity contribution is 0.399. The predicted octanol–water partition coefficient (Wildman–Crippen LogP) is 1.12. The van der Waals surface area contributed by atoms with Crippen molar-refractivity contribution in [3.63, 3.8) is 0 Å². The zero-order valence-corrected chi connectivity index (χ0v) is 7.84. The first-order chi connectivity index (χ1) is 5.72. The second kappa shape index (κ2) is 3.44. The van der Waals surface area contributed by atoms with Gasteiger partial charge < -0.3 is 15.9 Å². The number of phenolic OH excluding ortho intramolecular Hbond substituents is 2. The lowest BCUT2D eigenvalue weighted by atomic mass is 9.77. The number of rotatable bonds is 1. The normalized spacial score (nSPS) is 18.4. The van der Waals surface area contributed by atoms with Gasteiger partial charge >= 0.3 is 0 Å². The van der Waals surface area contributed by atoms with Crippen molar-refractivity contribution in [2.24, 2.45) is 5.73 Å². The number of phenols is 2. The molecule has 0 bridgehead atoms. The molecule has 0 aromatic heterocycles. The van der Waals surface area contributed by atoms with E-state index in [1.54, 1.807) is 12.1 Å². The molecule has 0 saturated heterocycles. The summed E-state index contributed by atoms with van der Waals surface area (Å²) < 4.78 is 0. The minimum absolute atomic E-state index is 0. The highest BCUT2D eigenvalue weighted by atomic mass is 35.5. The van der Waals surface area contributed by atoms with E-state index in [1.807, 2.05) is 0 Å². The Kier molecular flexibility index (Phi) is 2.68. The highest BCUT2D eigenvalue weighted by molar-refractivity contribution is 5.85. The van der Waals surface area contributed by atoms with Crippen LogP contribution in [0.4, 0.5) is 0 Å². The number of hydrogen-bond donors (Lipinski definition) is 3. The van der Waals surface area contributed by atoms with Gasteiger partial charge in [0.1, 0.15) is 0 Å². The van der Waals surface area contributed by atoms with E-state index in [9.17, 15) is 5.11 Å². The average Bonchev–Trinajstić information content (AvgIpc) is 2.04. The van der Waals surface area contributed by atoms with E-state index in [0.29, 0.717) is 12.5 Å². The fourth-order valence-electron chi connectivity index (χ4n) is 1.65. The first kappa shape index (κ1) is 10.2. The largest absolute Gasteiger partial charge is 0.504 e. The summed E-state index contributed by atoms with van der Waals surface area (Å²) >= 11 is 0. The molecule has 0 fully saturated rings. The number of hydrogen-bond acceptors (Lipinski definition) is 3. The molecule has 4 N–H and O–H groups in total. The molecule has 1 aliphatic carbocycles.